The molecule has 0 spiro atoms. The minimum atomic E-state index is -4.95. The third kappa shape index (κ3) is 4.23. The second-order valence-corrected chi connectivity index (χ2v) is 7.80. The van der Waals surface area contributed by atoms with Crippen LogP contribution in [0.5, 0.6) is 0 Å². The highest BCUT2D eigenvalue weighted by atomic mass is 32.2. The van der Waals surface area contributed by atoms with Gasteiger partial charge in [-0.25, -0.2) is 13.4 Å². The lowest BCUT2D eigenvalue weighted by Crippen LogP contribution is -2.12. The average molecular weight is 429 g/mol. The molecule has 4 nitrogen and oxygen atoms in total. The fourth-order valence-electron chi connectivity index (χ4n) is 2.37. The molecule has 1 aromatic heterocycles. The van der Waals surface area contributed by atoms with E-state index in [2.05, 4.69) is 4.72 Å². The van der Waals surface area contributed by atoms with E-state index in [1.54, 1.807) is 30.3 Å². The van der Waals surface area contributed by atoms with Crippen LogP contribution in [-0.2, 0) is 17.2 Å². The topological polar surface area (TPSA) is 66.4 Å². The van der Waals surface area contributed by atoms with E-state index in [9.17, 15) is 31.7 Å². The summed E-state index contributed by atoms with van der Waals surface area (Å²) < 4.78 is 66.8. The van der Waals surface area contributed by atoms with Crippen LogP contribution in [0, 0.1) is 5.82 Å². The first kappa shape index (κ1) is 20.0. The zero-order chi connectivity index (χ0) is 20.5. The lowest BCUT2D eigenvalue weighted by Gasteiger charge is -2.10. The van der Waals surface area contributed by atoms with Gasteiger partial charge in [-0.1, -0.05) is 30.3 Å². The lowest BCUT2D eigenvalue weighted by molar-refractivity contribution is -0.140. The number of halogens is 4. The van der Waals surface area contributed by atoms with Gasteiger partial charge in [0.15, 0.2) is 0 Å². The summed E-state index contributed by atoms with van der Waals surface area (Å²) in [5.74, 6) is -2.76. The number of alkyl halides is 3. The van der Waals surface area contributed by atoms with Crippen LogP contribution in [-0.4, -0.2) is 15.3 Å². The van der Waals surface area contributed by atoms with Crippen LogP contribution >= 0.6 is 11.3 Å². The standard InChI is InChI=1S/C18H11F4NO3S2/c19-13-7-6-11(8-12(13)18(20,21)22)28(26)23-14-9-15(27-16(14)17(24)25)10-4-2-1-3-5-10/h1-9,23H,(H,24,25). The van der Waals surface area contributed by atoms with Crippen molar-refractivity contribution in [2.24, 2.45) is 0 Å². The highest BCUT2D eigenvalue weighted by Gasteiger charge is 2.34. The van der Waals surface area contributed by atoms with Crippen LogP contribution in [0.15, 0.2) is 59.5 Å². The number of carboxylic acid groups (broad SMARTS) is 1. The monoisotopic (exact) mass is 429 g/mol. The molecule has 1 atom stereocenters. The summed E-state index contributed by atoms with van der Waals surface area (Å²) in [6.07, 6.45) is -4.95. The number of nitrogens with one attached hydrogen (secondary N) is 1. The van der Waals surface area contributed by atoms with Crippen molar-refractivity contribution < 1.29 is 31.7 Å². The molecule has 3 rings (SSSR count). The number of thiophene rings is 1. The first-order valence-electron chi connectivity index (χ1n) is 7.64. The molecule has 146 valence electrons. The van der Waals surface area contributed by atoms with Gasteiger partial charge >= 0.3 is 12.1 Å². The number of hydrogen-bond donors (Lipinski definition) is 2. The Labute approximate surface area is 163 Å². The summed E-state index contributed by atoms with van der Waals surface area (Å²) >= 11 is 0.931. The molecule has 0 radical (unpaired) electrons. The number of carboxylic acids is 1. The Bertz CT molecular complexity index is 1050. The van der Waals surface area contributed by atoms with Crippen molar-refractivity contribution in [3.63, 3.8) is 0 Å². The molecule has 10 heteroatoms. The van der Waals surface area contributed by atoms with Crippen molar-refractivity contribution >= 4 is 34.0 Å². The Balaban J connectivity index is 1.94. The summed E-state index contributed by atoms with van der Waals surface area (Å²) in [7, 11) is -2.23. The van der Waals surface area contributed by atoms with E-state index in [0.29, 0.717) is 17.0 Å². The molecule has 2 aromatic carbocycles. The maximum absolute atomic E-state index is 13.4. The van der Waals surface area contributed by atoms with Gasteiger partial charge in [-0.05, 0) is 29.8 Å². The van der Waals surface area contributed by atoms with E-state index in [1.807, 2.05) is 0 Å². The van der Waals surface area contributed by atoms with Gasteiger partial charge in [-0.15, -0.1) is 11.3 Å². The van der Waals surface area contributed by atoms with Crippen molar-refractivity contribution in [3.05, 3.63) is 70.9 Å². The zero-order valence-corrected chi connectivity index (χ0v) is 15.4. The molecule has 0 saturated heterocycles. The highest BCUT2D eigenvalue weighted by Crippen LogP contribution is 2.36. The number of anilines is 1. The minimum absolute atomic E-state index is 0.00688. The second kappa shape index (κ2) is 7.72. The minimum Gasteiger partial charge on any atom is -0.477 e. The van der Waals surface area contributed by atoms with Crippen LogP contribution in [0.3, 0.4) is 0 Å². The Hall–Kier alpha value is -2.72. The van der Waals surface area contributed by atoms with Crippen LogP contribution < -0.4 is 4.72 Å². The third-order valence-corrected chi connectivity index (χ3v) is 5.90. The van der Waals surface area contributed by atoms with Gasteiger partial charge < -0.3 is 5.11 Å². The predicted molar refractivity (Wildman–Crippen MR) is 98.1 cm³/mol. The molecule has 2 N–H and O–H groups in total. The van der Waals surface area contributed by atoms with Gasteiger partial charge in [0.2, 0.25) is 0 Å². The maximum Gasteiger partial charge on any atom is 0.419 e. The first-order valence-corrected chi connectivity index (χ1v) is 9.61. The Kier molecular flexibility index (Phi) is 5.52. The molecule has 0 amide bonds. The van der Waals surface area contributed by atoms with E-state index in [-0.39, 0.29) is 15.5 Å². The van der Waals surface area contributed by atoms with Crippen LogP contribution in [0.25, 0.3) is 10.4 Å². The first-order chi connectivity index (χ1) is 13.2. The van der Waals surface area contributed by atoms with E-state index in [4.69, 9.17) is 0 Å². The molecule has 0 fully saturated rings. The zero-order valence-electron chi connectivity index (χ0n) is 13.8. The number of hydrogen-bond acceptors (Lipinski definition) is 3. The molecule has 3 aromatic rings. The van der Waals surface area contributed by atoms with Crippen molar-refractivity contribution in [2.75, 3.05) is 4.72 Å². The van der Waals surface area contributed by atoms with Crippen molar-refractivity contribution in [2.45, 2.75) is 11.1 Å². The Morgan fingerprint density at radius 1 is 1.07 bits per heavy atom. The smallest absolute Gasteiger partial charge is 0.419 e. The van der Waals surface area contributed by atoms with Crippen LogP contribution in [0.2, 0.25) is 0 Å². The molecular weight excluding hydrogens is 418 g/mol. The largest absolute Gasteiger partial charge is 0.477 e. The summed E-state index contributed by atoms with van der Waals surface area (Å²) in [5, 5.41) is 9.37. The molecule has 1 heterocycles. The highest BCUT2D eigenvalue weighted by molar-refractivity contribution is 7.86. The Morgan fingerprint density at radius 3 is 2.36 bits per heavy atom. The molecule has 0 saturated carbocycles. The van der Waals surface area contributed by atoms with Crippen molar-refractivity contribution in [1.29, 1.82) is 0 Å². The number of carbonyl (C=O) groups is 1. The molecule has 28 heavy (non-hydrogen) atoms. The summed E-state index contributed by atoms with van der Waals surface area (Å²) in [5.41, 5.74) is -0.823. The summed E-state index contributed by atoms with van der Waals surface area (Å²) in [6, 6.07) is 12.2. The third-order valence-electron chi connectivity index (χ3n) is 3.64. The number of benzene rings is 2. The van der Waals surface area contributed by atoms with Gasteiger partial charge in [0, 0.05) is 4.88 Å². The van der Waals surface area contributed by atoms with E-state index < -0.39 is 34.5 Å². The molecule has 0 aliphatic heterocycles. The van der Waals surface area contributed by atoms with Crippen molar-refractivity contribution in [1.82, 2.24) is 0 Å². The molecular formula is C18H11F4NO3S2. The molecule has 0 aliphatic rings. The number of rotatable bonds is 5. The molecule has 1 unspecified atom stereocenters. The van der Waals surface area contributed by atoms with Gasteiger partial charge in [0.25, 0.3) is 0 Å². The fourth-order valence-corrected chi connectivity index (χ4v) is 4.28. The second-order valence-electron chi connectivity index (χ2n) is 5.53. The fraction of sp³-hybridized carbons (Fsp3) is 0.0556. The maximum atomic E-state index is 13.4. The SMILES string of the molecule is O=C(O)c1sc(-c2ccccc2)cc1NS(=O)c1ccc(F)c(C(F)(F)F)c1. The van der Waals surface area contributed by atoms with Gasteiger partial charge in [-0.3, -0.25) is 4.72 Å². The van der Waals surface area contributed by atoms with Gasteiger partial charge in [-0.2, -0.15) is 13.2 Å². The summed E-state index contributed by atoms with van der Waals surface area (Å²) in [6.45, 7) is 0. The summed E-state index contributed by atoms with van der Waals surface area (Å²) in [4.78, 5) is 11.6. The van der Waals surface area contributed by atoms with Crippen LogP contribution in [0.4, 0.5) is 23.2 Å². The van der Waals surface area contributed by atoms with E-state index >= 15 is 0 Å². The lowest BCUT2D eigenvalue weighted by atomic mass is 10.2. The van der Waals surface area contributed by atoms with Crippen molar-refractivity contribution in [3.8, 4) is 10.4 Å². The van der Waals surface area contributed by atoms with E-state index in [0.717, 1.165) is 23.0 Å². The molecule has 0 bridgehead atoms. The van der Waals surface area contributed by atoms with Gasteiger partial charge in [0.1, 0.15) is 21.7 Å². The van der Waals surface area contributed by atoms with E-state index in [1.165, 1.54) is 6.07 Å². The quantitative estimate of drug-likeness (QED) is 0.534. The average Bonchev–Trinajstić information content (AvgIpc) is 3.06. The normalized spacial score (nSPS) is 12.6. The van der Waals surface area contributed by atoms with Crippen LogP contribution in [0.1, 0.15) is 15.2 Å². The number of aromatic carboxylic acids is 1. The molecule has 0 aliphatic carbocycles. The predicted octanol–water partition coefficient (Wildman–Crippen LogP) is 5.41. The van der Waals surface area contributed by atoms with Gasteiger partial charge in [0.05, 0.1) is 16.1 Å². The Morgan fingerprint density at radius 2 is 1.75 bits per heavy atom.